The first-order valence-corrected chi connectivity index (χ1v) is 13.6. The van der Waals surface area contributed by atoms with Crippen LogP contribution in [0.2, 0.25) is 0 Å². The molecule has 194 valence electrons. The van der Waals surface area contributed by atoms with Gasteiger partial charge in [-0.25, -0.2) is 13.2 Å². The monoisotopic (exact) mass is 522 g/mol. The Labute approximate surface area is 210 Å². The fraction of sp³-hybridized carbons (Fsp3) is 0.500. The normalized spacial score (nSPS) is 24.4. The van der Waals surface area contributed by atoms with Gasteiger partial charge in [0.15, 0.2) is 23.1 Å². The van der Waals surface area contributed by atoms with Crippen molar-refractivity contribution in [3.05, 3.63) is 53.3 Å². The molecule has 3 aliphatic rings. The number of hydrogen-bond donors (Lipinski definition) is 1. The van der Waals surface area contributed by atoms with Crippen molar-refractivity contribution < 1.29 is 31.6 Å². The number of amides is 1. The van der Waals surface area contributed by atoms with Crippen LogP contribution < -0.4 is 15.2 Å². The molecule has 5 rings (SSSR count). The smallest absolute Gasteiger partial charge is 0.224 e. The topological polar surface area (TPSA) is 81.9 Å². The summed E-state index contributed by atoms with van der Waals surface area (Å²) in [5.74, 6) is -1.67. The number of rotatable bonds is 7. The SMILES string of the molecule is NC(Cc1cc(F)c(F)cc1F)C1CC2CCC(C1)N2C(=O)CCS(=O)c1ccc2c(c1)OCCO2. The van der Waals surface area contributed by atoms with Gasteiger partial charge in [0.25, 0.3) is 0 Å². The van der Waals surface area contributed by atoms with Gasteiger partial charge in [-0.3, -0.25) is 9.00 Å². The second-order valence-electron chi connectivity index (χ2n) is 9.75. The highest BCUT2D eigenvalue weighted by Crippen LogP contribution is 2.40. The number of fused-ring (bicyclic) bond motifs is 3. The number of hydrogen-bond acceptors (Lipinski definition) is 5. The van der Waals surface area contributed by atoms with E-state index in [-0.39, 0.29) is 48.1 Å². The van der Waals surface area contributed by atoms with Crippen LogP contribution in [0.15, 0.2) is 35.2 Å². The largest absolute Gasteiger partial charge is 0.486 e. The molecule has 2 bridgehead atoms. The Bertz CT molecular complexity index is 1170. The van der Waals surface area contributed by atoms with E-state index in [9.17, 15) is 22.2 Å². The average Bonchev–Trinajstić information content (AvgIpc) is 3.14. The number of carbonyl (C=O) groups excluding carboxylic acids is 1. The van der Waals surface area contributed by atoms with Crippen molar-refractivity contribution in [2.75, 3.05) is 19.0 Å². The van der Waals surface area contributed by atoms with E-state index < -0.39 is 34.3 Å². The molecule has 36 heavy (non-hydrogen) atoms. The van der Waals surface area contributed by atoms with Gasteiger partial charge >= 0.3 is 0 Å². The Kier molecular flexibility index (Phi) is 7.25. The zero-order valence-electron chi connectivity index (χ0n) is 19.8. The lowest BCUT2D eigenvalue weighted by Gasteiger charge is -2.41. The Morgan fingerprint density at radius 1 is 1.00 bits per heavy atom. The molecule has 0 spiro atoms. The third-order valence-electron chi connectivity index (χ3n) is 7.49. The molecule has 4 unspecified atom stereocenters. The van der Waals surface area contributed by atoms with Gasteiger partial charge in [0.2, 0.25) is 5.91 Å². The van der Waals surface area contributed by atoms with Crippen molar-refractivity contribution in [1.29, 1.82) is 0 Å². The second kappa shape index (κ2) is 10.4. The summed E-state index contributed by atoms with van der Waals surface area (Å²) in [5.41, 5.74) is 6.44. The lowest BCUT2D eigenvalue weighted by atomic mass is 9.82. The molecule has 3 heterocycles. The van der Waals surface area contributed by atoms with Crippen molar-refractivity contribution in [3.8, 4) is 11.5 Å². The van der Waals surface area contributed by atoms with E-state index in [1.807, 2.05) is 4.90 Å². The number of piperidine rings is 1. The lowest BCUT2D eigenvalue weighted by Crippen LogP contribution is -2.50. The van der Waals surface area contributed by atoms with Crippen molar-refractivity contribution in [3.63, 3.8) is 0 Å². The van der Waals surface area contributed by atoms with Crippen LogP contribution >= 0.6 is 0 Å². The number of nitrogens with two attached hydrogens (primary N) is 1. The fourth-order valence-electron chi connectivity index (χ4n) is 5.71. The van der Waals surface area contributed by atoms with Crippen molar-refractivity contribution >= 4 is 16.7 Å². The van der Waals surface area contributed by atoms with Crippen LogP contribution in [0.25, 0.3) is 0 Å². The van der Waals surface area contributed by atoms with E-state index in [1.54, 1.807) is 18.2 Å². The molecule has 2 aromatic carbocycles. The predicted molar refractivity (Wildman–Crippen MR) is 128 cm³/mol. The zero-order chi connectivity index (χ0) is 25.4. The maximum atomic E-state index is 14.1. The molecule has 2 saturated heterocycles. The fourth-order valence-corrected chi connectivity index (χ4v) is 6.76. The summed E-state index contributed by atoms with van der Waals surface area (Å²) in [5, 5.41) is 0. The van der Waals surface area contributed by atoms with Crippen LogP contribution in [0.5, 0.6) is 11.5 Å². The summed E-state index contributed by atoms with van der Waals surface area (Å²) in [6.07, 6.45) is 3.37. The first-order valence-electron chi connectivity index (χ1n) is 12.3. The molecular weight excluding hydrogens is 493 g/mol. The average molecular weight is 523 g/mol. The van der Waals surface area contributed by atoms with Gasteiger partial charge in [0, 0.05) is 47.3 Å². The van der Waals surface area contributed by atoms with E-state index in [2.05, 4.69) is 0 Å². The summed E-state index contributed by atoms with van der Waals surface area (Å²) in [6.45, 7) is 0.926. The Morgan fingerprint density at radius 3 is 2.39 bits per heavy atom. The quantitative estimate of drug-likeness (QED) is 0.561. The third-order valence-corrected chi connectivity index (χ3v) is 8.84. The van der Waals surface area contributed by atoms with Gasteiger partial charge in [-0.1, -0.05) is 0 Å². The highest BCUT2D eigenvalue weighted by molar-refractivity contribution is 7.85. The van der Waals surface area contributed by atoms with Gasteiger partial charge in [0.1, 0.15) is 19.0 Å². The van der Waals surface area contributed by atoms with Gasteiger partial charge in [-0.15, -0.1) is 0 Å². The molecule has 2 aromatic rings. The molecule has 10 heteroatoms. The van der Waals surface area contributed by atoms with Crippen LogP contribution in [0.4, 0.5) is 13.2 Å². The van der Waals surface area contributed by atoms with E-state index in [1.165, 1.54) is 0 Å². The predicted octanol–water partition coefficient (Wildman–Crippen LogP) is 3.71. The Hall–Kier alpha value is -2.59. The van der Waals surface area contributed by atoms with Gasteiger partial charge in [0.05, 0.1) is 10.8 Å². The van der Waals surface area contributed by atoms with E-state index >= 15 is 0 Å². The van der Waals surface area contributed by atoms with Gasteiger partial charge < -0.3 is 20.1 Å². The molecule has 1 amide bonds. The lowest BCUT2D eigenvalue weighted by molar-refractivity contribution is -0.136. The highest BCUT2D eigenvalue weighted by atomic mass is 32.2. The molecule has 0 aromatic heterocycles. The molecular formula is C26H29F3N2O4S. The maximum Gasteiger partial charge on any atom is 0.224 e. The van der Waals surface area contributed by atoms with E-state index in [0.717, 1.165) is 18.9 Å². The maximum absolute atomic E-state index is 14.1. The van der Waals surface area contributed by atoms with Crippen molar-refractivity contribution in [2.24, 2.45) is 11.7 Å². The van der Waals surface area contributed by atoms with Crippen LogP contribution in [0, 0.1) is 23.4 Å². The number of ether oxygens (including phenoxy) is 2. The van der Waals surface area contributed by atoms with E-state index in [4.69, 9.17) is 15.2 Å². The van der Waals surface area contributed by atoms with Crippen LogP contribution in [0.3, 0.4) is 0 Å². The molecule has 4 atom stereocenters. The minimum Gasteiger partial charge on any atom is -0.486 e. The van der Waals surface area contributed by atoms with E-state index in [0.29, 0.717) is 48.5 Å². The number of halogens is 3. The Balaban J connectivity index is 1.16. The van der Waals surface area contributed by atoms with Crippen molar-refractivity contribution in [1.82, 2.24) is 4.90 Å². The molecule has 2 N–H and O–H groups in total. The summed E-state index contributed by atoms with van der Waals surface area (Å²) >= 11 is 0. The number of carbonyl (C=O) groups is 1. The Morgan fingerprint density at radius 2 is 1.67 bits per heavy atom. The number of benzene rings is 2. The number of nitrogens with zero attached hydrogens (tertiary/aromatic N) is 1. The van der Waals surface area contributed by atoms with Crippen LogP contribution in [-0.2, 0) is 22.0 Å². The summed E-state index contributed by atoms with van der Waals surface area (Å²) in [4.78, 5) is 15.6. The zero-order valence-corrected chi connectivity index (χ0v) is 20.6. The van der Waals surface area contributed by atoms with Gasteiger partial charge in [-0.2, -0.15) is 0 Å². The second-order valence-corrected chi connectivity index (χ2v) is 11.3. The standard InChI is InChI=1S/C26H29F3N2O4S/c27-20-14-22(29)21(28)11-15(20)12-23(30)16-9-17-1-2-18(10-16)31(17)26(32)5-8-36(33)19-3-4-24-25(13-19)35-7-6-34-24/h3-4,11,13-14,16-18,23H,1-2,5-10,12,30H2. The molecule has 0 radical (unpaired) electrons. The van der Waals surface area contributed by atoms with Crippen molar-refractivity contribution in [2.45, 2.75) is 61.5 Å². The van der Waals surface area contributed by atoms with Gasteiger partial charge in [-0.05, 0) is 61.8 Å². The molecule has 3 aliphatic heterocycles. The third kappa shape index (κ3) is 5.11. The summed E-state index contributed by atoms with van der Waals surface area (Å²) in [7, 11) is -1.35. The molecule has 2 fully saturated rings. The van der Waals surface area contributed by atoms with Crippen LogP contribution in [-0.4, -0.2) is 52.1 Å². The highest BCUT2D eigenvalue weighted by Gasteiger charge is 2.44. The summed E-state index contributed by atoms with van der Waals surface area (Å²) in [6, 6.07) is 6.25. The molecule has 0 saturated carbocycles. The first-order chi connectivity index (χ1) is 17.3. The molecule has 6 nitrogen and oxygen atoms in total. The first kappa shape index (κ1) is 25.1. The molecule has 0 aliphatic carbocycles. The minimum absolute atomic E-state index is 0.0212. The van der Waals surface area contributed by atoms with Crippen LogP contribution in [0.1, 0.15) is 37.7 Å². The summed E-state index contributed by atoms with van der Waals surface area (Å²) < 4.78 is 64.8. The minimum atomic E-state index is -1.35.